The molecular formula is C30H31Cl2NO7. The fourth-order valence-corrected chi connectivity index (χ4v) is 4.32. The first-order valence-corrected chi connectivity index (χ1v) is 13.4. The van der Waals surface area contributed by atoms with E-state index in [-0.39, 0.29) is 12.5 Å². The first-order chi connectivity index (χ1) is 19.0. The predicted molar refractivity (Wildman–Crippen MR) is 151 cm³/mol. The van der Waals surface area contributed by atoms with Crippen LogP contribution in [0.5, 0.6) is 17.2 Å². The van der Waals surface area contributed by atoms with Gasteiger partial charge < -0.3 is 29.0 Å². The highest BCUT2D eigenvalue weighted by Gasteiger charge is 2.27. The summed E-state index contributed by atoms with van der Waals surface area (Å²) in [6, 6.07) is 17.5. The molecule has 0 spiro atoms. The van der Waals surface area contributed by atoms with Crippen LogP contribution in [-0.4, -0.2) is 37.4 Å². The Balaban J connectivity index is 1.36. The number of carbonyl (C=O) groups is 2. The minimum absolute atomic E-state index is 0.190. The van der Waals surface area contributed by atoms with Crippen LogP contribution in [0.2, 0.25) is 10.0 Å². The number of fused-ring (bicyclic) bond motifs is 1. The molecule has 1 heterocycles. The van der Waals surface area contributed by atoms with Crippen molar-refractivity contribution < 1.29 is 33.3 Å². The van der Waals surface area contributed by atoms with Crippen molar-refractivity contribution in [2.75, 3.05) is 13.7 Å². The molecule has 2 atom stereocenters. The van der Waals surface area contributed by atoms with Gasteiger partial charge in [0.2, 0.25) is 0 Å². The topological polar surface area (TPSA) is 92.3 Å². The molecule has 0 aromatic heterocycles. The molecule has 0 bridgehead atoms. The van der Waals surface area contributed by atoms with Gasteiger partial charge in [-0.15, -0.1) is 0 Å². The van der Waals surface area contributed by atoms with Gasteiger partial charge in [-0.05, 0) is 73.9 Å². The van der Waals surface area contributed by atoms with E-state index in [9.17, 15) is 9.59 Å². The second-order valence-corrected chi connectivity index (χ2v) is 11.0. The van der Waals surface area contributed by atoms with E-state index in [1.165, 1.54) is 7.11 Å². The second-order valence-electron chi connectivity index (χ2n) is 10.2. The first kappa shape index (κ1) is 29.4. The van der Waals surface area contributed by atoms with E-state index >= 15 is 0 Å². The molecule has 3 aromatic carbocycles. The Morgan fingerprint density at radius 3 is 2.38 bits per heavy atom. The molecule has 1 aliphatic heterocycles. The largest absolute Gasteiger partial charge is 0.489 e. The van der Waals surface area contributed by atoms with Gasteiger partial charge in [0.15, 0.2) is 17.6 Å². The van der Waals surface area contributed by atoms with E-state index < -0.39 is 23.7 Å². The summed E-state index contributed by atoms with van der Waals surface area (Å²) in [5.41, 5.74) is 1.91. The smallest absolute Gasteiger partial charge is 0.408 e. The van der Waals surface area contributed by atoms with Crippen LogP contribution in [0.25, 0.3) is 0 Å². The normalized spacial score (nSPS) is 15.1. The summed E-state index contributed by atoms with van der Waals surface area (Å²) in [7, 11) is 1.27. The van der Waals surface area contributed by atoms with Gasteiger partial charge in [-0.25, -0.2) is 9.59 Å². The van der Waals surface area contributed by atoms with Gasteiger partial charge in [-0.2, -0.15) is 0 Å². The lowest BCUT2D eigenvalue weighted by atomic mass is 10.0. The molecule has 40 heavy (non-hydrogen) atoms. The Bertz CT molecular complexity index is 1360. The van der Waals surface area contributed by atoms with Crippen molar-refractivity contribution >= 4 is 35.3 Å². The maximum Gasteiger partial charge on any atom is 0.408 e. The number of ether oxygens (including phenoxy) is 5. The zero-order chi connectivity index (χ0) is 28.9. The van der Waals surface area contributed by atoms with E-state index in [0.717, 1.165) is 16.7 Å². The zero-order valence-corrected chi connectivity index (χ0v) is 24.2. The summed E-state index contributed by atoms with van der Waals surface area (Å²) >= 11 is 12.0. The Labute approximate surface area is 243 Å². The summed E-state index contributed by atoms with van der Waals surface area (Å²) in [5.74, 6) is 1.26. The zero-order valence-electron chi connectivity index (χ0n) is 22.7. The van der Waals surface area contributed by atoms with Crippen molar-refractivity contribution in [2.24, 2.45) is 0 Å². The van der Waals surface area contributed by atoms with Gasteiger partial charge in [0.25, 0.3) is 0 Å². The fraction of sp³-hybridized carbons (Fsp3) is 0.333. The third kappa shape index (κ3) is 7.96. The molecule has 10 heteroatoms. The standard InChI is InChI=1S/C30H31Cl2NO7/c1-30(2,3)40-29(35)33-24(28(34)36-4)14-18-6-12-25-26(15-18)38-17-27(39-25)20-7-9-21(10-8-20)37-16-19-5-11-22(31)23(32)13-19/h5-13,15,24,27H,14,16-17H2,1-4H3,(H,33,35). The van der Waals surface area contributed by atoms with Gasteiger partial charge in [0.1, 0.15) is 30.6 Å². The van der Waals surface area contributed by atoms with Crippen molar-refractivity contribution in [1.29, 1.82) is 0 Å². The maximum atomic E-state index is 12.3. The quantitative estimate of drug-likeness (QED) is 0.293. The van der Waals surface area contributed by atoms with Crippen molar-refractivity contribution in [2.45, 2.75) is 51.5 Å². The first-order valence-electron chi connectivity index (χ1n) is 12.7. The molecule has 0 saturated heterocycles. The number of halogens is 2. The molecule has 0 radical (unpaired) electrons. The molecule has 0 fully saturated rings. The fourth-order valence-electron chi connectivity index (χ4n) is 4.00. The summed E-state index contributed by atoms with van der Waals surface area (Å²) in [4.78, 5) is 24.5. The summed E-state index contributed by atoms with van der Waals surface area (Å²) in [6.45, 7) is 5.90. The van der Waals surface area contributed by atoms with Crippen LogP contribution in [0.4, 0.5) is 4.79 Å². The number of amides is 1. The molecule has 3 aromatic rings. The van der Waals surface area contributed by atoms with Crippen LogP contribution in [0, 0.1) is 0 Å². The highest BCUT2D eigenvalue weighted by atomic mass is 35.5. The molecule has 1 amide bonds. The highest BCUT2D eigenvalue weighted by molar-refractivity contribution is 6.42. The van der Waals surface area contributed by atoms with Crippen LogP contribution in [0.1, 0.15) is 43.6 Å². The monoisotopic (exact) mass is 587 g/mol. The van der Waals surface area contributed by atoms with Gasteiger partial charge in [0.05, 0.1) is 17.2 Å². The average Bonchev–Trinajstić information content (AvgIpc) is 2.92. The van der Waals surface area contributed by atoms with Gasteiger partial charge in [-0.3, -0.25) is 0 Å². The number of benzene rings is 3. The van der Waals surface area contributed by atoms with E-state index in [1.807, 2.05) is 36.4 Å². The third-order valence-corrected chi connectivity index (χ3v) is 6.66. The van der Waals surface area contributed by atoms with Crippen molar-refractivity contribution in [3.8, 4) is 17.2 Å². The van der Waals surface area contributed by atoms with E-state index in [4.69, 9.17) is 46.9 Å². The summed E-state index contributed by atoms with van der Waals surface area (Å²) in [5, 5.41) is 3.57. The molecule has 0 saturated carbocycles. The van der Waals surface area contributed by atoms with Crippen LogP contribution in [-0.2, 0) is 27.3 Å². The summed E-state index contributed by atoms with van der Waals surface area (Å²) in [6.07, 6.45) is -0.816. The van der Waals surface area contributed by atoms with Crippen molar-refractivity contribution in [1.82, 2.24) is 5.32 Å². The Hall–Kier alpha value is -3.62. The van der Waals surface area contributed by atoms with Crippen molar-refractivity contribution in [3.05, 3.63) is 87.4 Å². The molecule has 1 N–H and O–H groups in total. The minimum Gasteiger partial charge on any atom is -0.489 e. The lowest BCUT2D eigenvalue weighted by Gasteiger charge is -2.27. The average molecular weight is 588 g/mol. The summed E-state index contributed by atoms with van der Waals surface area (Å²) < 4.78 is 28.2. The predicted octanol–water partition coefficient (Wildman–Crippen LogP) is 6.69. The van der Waals surface area contributed by atoms with Gasteiger partial charge in [-0.1, -0.05) is 47.5 Å². The molecule has 212 valence electrons. The van der Waals surface area contributed by atoms with Crippen LogP contribution in [0.15, 0.2) is 60.7 Å². The molecular weight excluding hydrogens is 557 g/mol. The maximum absolute atomic E-state index is 12.3. The Morgan fingerprint density at radius 1 is 0.975 bits per heavy atom. The molecule has 2 unspecified atom stereocenters. The Morgan fingerprint density at radius 2 is 1.70 bits per heavy atom. The van der Waals surface area contributed by atoms with Crippen LogP contribution >= 0.6 is 23.2 Å². The number of rotatable bonds is 8. The van der Waals surface area contributed by atoms with E-state index in [0.29, 0.717) is 40.5 Å². The Kier molecular flexibility index (Phi) is 9.32. The molecule has 4 rings (SSSR count). The lowest BCUT2D eigenvalue weighted by Crippen LogP contribution is -2.45. The van der Waals surface area contributed by atoms with Crippen LogP contribution < -0.4 is 19.5 Å². The number of alkyl carbamates (subject to hydrolysis) is 1. The number of methoxy groups -OCH3 is 1. The lowest BCUT2D eigenvalue weighted by molar-refractivity contribution is -0.143. The molecule has 0 aliphatic carbocycles. The van der Waals surface area contributed by atoms with Crippen LogP contribution in [0.3, 0.4) is 0 Å². The second kappa shape index (κ2) is 12.7. The van der Waals surface area contributed by atoms with E-state index in [2.05, 4.69) is 5.32 Å². The SMILES string of the molecule is COC(=O)C(Cc1ccc2c(c1)OCC(c1ccc(OCc3ccc(Cl)c(Cl)c3)cc1)O2)NC(=O)OC(C)(C)C. The number of nitrogens with one attached hydrogen (secondary N) is 1. The molecule has 8 nitrogen and oxygen atoms in total. The highest BCUT2D eigenvalue weighted by Crippen LogP contribution is 2.37. The number of hydrogen-bond acceptors (Lipinski definition) is 7. The third-order valence-electron chi connectivity index (χ3n) is 5.93. The number of hydrogen-bond donors (Lipinski definition) is 1. The van der Waals surface area contributed by atoms with E-state index in [1.54, 1.807) is 45.0 Å². The number of carbonyl (C=O) groups excluding carboxylic acids is 2. The number of esters is 1. The van der Waals surface area contributed by atoms with Gasteiger partial charge in [0, 0.05) is 6.42 Å². The molecule has 1 aliphatic rings. The minimum atomic E-state index is -0.924. The van der Waals surface area contributed by atoms with Gasteiger partial charge >= 0.3 is 12.1 Å². The van der Waals surface area contributed by atoms with Crippen molar-refractivity contribution in [3.63, 3.8) is 0 Å².